The molecule has 0 radical (unpaired) electrons. The Morgan fingerprint density at radius 1 is 0.794 bits per heavy atom. The number of H-pyrrole nitrogens is 1. The molecule has 1 aliphatic heterocycles. The van der Waals surface area contributed by atoms with E-state index in [1.807, 2.05) is 18.2 Å². The Morgan fingerprint density at radius 2 is 1.38 bits per heavy atom. The fourth-order valence-electron chi connectivity index (χ4n) is 4.11. The van der Waals surface area contributed by atoms with Gasteiger partial charge in [0.1, 0.15) is 11.3 Å². The molecular weight excluding hydrogens is 432 g/mol. The van der Waals surface area contributed by atoms with E-state index in [-0.39, 0.29) is 11.8 Å². The predicted molar refractivity (Wildman–Crippen MR) is 126 cm³/mol. The molecule has 9 heteroatoms. The van der Waals surface area contributed by atoms with Crippen molar-refractivity contribution >= 4 is 28.8 Å². The fourth-order valence-corrected chi connectivity index (χ4v) is 4.11. The summed E-state index contributed by atoms with van der Waals surface area (Å²) in [5, 5.41) is 0. The molecule has 4 aromatic rings. The number of nitrogens with one attached hydrogen (secondary N) is 1. The number of benzene rings is 2. The molecule has 5 rings (SSSR count). The lowest BCUT2D eigenvalue weighted by atomic mass is 10.1. The van der Waals surface area contributed by atoms with Crippen molar-refractivity contribution in [2.45, 2.75) is 0 Å². The van der Waals surface area contributed by atoms with E-state index in [4.69, 9.17) is 5.73 Å². The molecule has 3 heterocycles. The molecule has 2 aromatic carbocycles. The van der Waals surface area contributed by atoms with Crippen LogP contribution in [0.3, 0.4) is 0 Å². The van der Waals surface area contributed by atoms with Crippen molar-refractivity contribution in [1.82, 2.24) is 24.8 Å². The number of hydrogen-bond acceptors (Lipinski definition) is 5. The van der Waals surface area contributed by atoms with Gasteiger partial charge in [0.05, 0.1) is 11.1 Å². The van der Waals surface area contributed by atoms with Gasteiger partial charge in [-0.3, -0.25) is 19.4 Å². The van der Waals surface area contributed by atoms with Gasteiger partial charge < -0.3 is 20.5 Å². The maximum atomic E-state index is 13.0. The largest absolute Gasteiger partial charge is 0.366 e. The topological polar surface area (TPSA) is 125 Å². The molecule has 0 aliphatic carbocycles. The van der Waals surface area contributed by atoms with E-state index in [0.29, 0.717) is 59.7 Å². The zero-order valence-corrected chi connectivity index (χ0v) is 18.3. The number of nitrogens with two attached hydrogens (primary N) is 1. The lowest BCUT2D eigenvalue weighted by molar-refractivity contribution is 0.0535. The lowest BCUT2D eigenvalue weighted by Crippen LogP contribution is -2.50. The maximum Gasteiger partial charge on any atom is 0.254 e. The van der Waals surface area contributed by atoms with Crippen molar-refractivity contribution in [1.29, 1.82) is 0 Å². The average molecular weight is 454 g/mol. The van der Waals surface area contributed by atoms with Gasteiger partial charge in [-0.25, -0.2) is 4.98 Å². The number of hydrogen-bond donors (Lipinski definition) is 2. The highest BCUT2D eigenvalue weighted by molar-refractivity contribution is 6.04. The summed E-state index contributed by atoms with van der Waals surface area (Å²) < 4.78 is 0. The molecule has 0 spiro atoms. The van der Waals surface area contributed by atoms with Crippen molar-refractivity contribution in [2.24, 2.45) is 5.73 Å². The Morgan fingerprint density at radius 3 is 1.97 bits per heavy atom. The Kier molecular flexibility index (Phi) is 5.51. The Hall–Kier alpha value is -4.53. The summed E-state index contributed by atoms with van der Waals surface area (Å²) in [5.41, 5.74) is 8.98. The van der Waals surface area contributed by atoms with Gasteiger partial charge in [0.2, 0.25) is 0 Å². The summed E-state index contributed by atoms with van der Waals surface area (Å²) in [4.78, 5) is 52.4. The average Bonchev–Trinajstić information content (AvgIpc) is 3.33. The van der Waals surface area contributed by atoms with Crippen LogP contribution in [-0.2, 0) is 0 Å². The molecule has 0 bridgehead atoms. The first-order valence-corrected chi connectivity index (χ1v) is 10.9. The van der Waals surface area contributed by atoms with Crippen LogP contribution in [0.15, 0.2) is 67.0 Å². The molecule has 0 saturated carbocycles. The highest BCUT2D eigenvalue weighted by Crippen LogP contribution is 2.23. The summed E-state index contributed by atoms with van der Waals surface area (Å²) >= 11 is 0. The first-order chi connectivity index (χ1) is 16.5. The molecule has 0 atom stereocenters. The monoisotopic (exact) mass is 454 g/mol. The quantitative estimate of drug-likeness (QED) is 0.490. The van der Waals surface area contributed by atoms with E-state index >= 15 is 0 Å². The maximum absolute atomic E-state index is 13.0. The molecule has 0 unspecified atom stereocenters. The zero-order chi connectivity index (χ0) is 23.7. The minimum Gasteiger partial charge on any atom is -0.366 e. The van der Waals surface area contributed by atoms with Crippen molar-refractivity contribution in [3.63, 3.8) is 0 Å². The van der Waals surface area contributed by atoms with Crippen LogP contribution in [0.5, 0.6) is 0 Å². The lowest BCUT2D eigenvalue weighted by Gasteiger charge is -2.34. The van der Waals surface area contributed by atoms with E-state index in [9.17, 15) is 14.4 Å². The number of aromatic amines is 1. The number of piperazine rings is 1. The molecule has 1 saturated heterocycles. The number of pyridine rings is 1. The molecule has 9 nitrogen and oxygen atoms in total. The second kappa shape index (κ2) is 8.78. The third kappa shape index (κ3) is 3.99. The number of nitrogens with zero attached hydrogens (tertiary/aromatic N) is 4. The number of imidazole rings is 1. The van der Waals surface area contributed by atoms with Crippen molar-refractivity contribution in [2.75, 3.05) is 26.2 Å². The number of aromatic nitrogens is 3. The van der Waals surface area contributed by atoms with Crippen molar-refractivity contribution < 1.29 is 14.4 Å². The van der Waals surface area contributed by atoms with Crippen LogP contribution in [0.1, 0.15) is 31.1 Å². The van der Waals surface area contributed by atoms with E-state index in [1.165, 1.54) is 0 Å². The smallest absolute Gasteiger partial charge is 0.254 e. The standard InChI is InChI=1S/C25H22N6O3/c26-22(32)19-2-1-3-20-21(19)29-23(28-20)16-4-6-17(7-5-16)24(33)30-12-14-31(15-13-30)25(34)18-8-10-27-11-9-18/h1-11H,12-15H2,(H2,26,32)(H,28,29). The number of rotatable bonds is 4. The summed E-state index contributed by atoms with van der Waals surface area (Å²) in [7, 11) is 0. The Bertz CT molecular complexity index is 1370. The van der Waals surface area contributed by atoms with E-state index in [2.05, 4.69) is 15.0 Å². The van der Waals surface area contributed by atoms with Gasteiger partial charge in [-0.05, 0) is 36.4 Å². The molecule has 34 heavy (non-hydrogen) atoms. The Labute approximate surface area is 195 Å². The van der Waals surface area contributed by atoms with Gasteiger partial charge >= 0.3 is 0 Å². The summed E-state index contributed by atoms with van der Waals surface area (Å²) in [6, 6.07) is 15.8. The van der Waals surface area contributed by atoms with Gasteiger partial charge in [-0.2, -0.15) is 0 Å². The molecule has 1 aliphatic rings. The van der Waals surface area contributed by atoms with Gasteiger partial charge in [0.15, 0.2) is 0 Å². The molecule has 170 valence electrons. The van der Waals surface area contributed by atoms with Crippen LogP contribution in [0.25, 0.3) is 22.4 Å². The predicted octanol–water partition coefficient (Wildman–Crippen LogP) is 2.32. The molecule has 1 fully saturated rings. The SMILES string of the molecule is NC(=O)c1cccc2[nH]c(-c3ccc(C(=O)N4CCN(C(=O)c5ccncc5)CC4)cc3)nc12. The third-order valence-electron chi connectivity index (χ3n) is 5.96. The van der Waals surface area contributed by atoms with Crippen molar-refractivity contribution in [3.05, 3.63) is 83.7 Å². The van der Waals surface area contributed by atoms with Crippen LogP contribution < -0.4 is 5.73 Å². The van der Waals surface area contributed by atoms with Crippen LogP contribution in [-0.4, -0.2) is 68.7 Å². The molecule has 3 amide bonds. The normalized spacial score (nSPS) is 13.8. The minimum absolute atomic E-state index is 0.0517. The first-order valence-electron chi connectivity index (χ1n) is 10.9. The highest BCUT2D eigenvalue weighted by atomic mass is 16.2. The summed E-state index contributed by atoms with van der Waals surface area (Å²) in [6.07, 6.45) is 3.19. The van der Waals surface area contributed by atoms with E-state index in [0.717, 1.165) is 5.56 Å². The number of carbonyl (C=O) groups is 3. The van der Waals surface area contributed by atoms with E-state index in [1.54, 1.807) is 58.6 Å². The van der Waals surface area contributed by atoms with Gasteiger partial charge in [0, 0.05) is 55.3 Å². The van der Waals surface area contributed by atoms with Crippen molar-refractivity contribution in [3.8, 4) is 11.4 Å². The number of fused-ring (bicyclic) bond motifs is 1. The molecule has 3 N–H and O–H groups in total. The minimum atomic E-state index is -0.535. The number of carbonyl (C=O) groups excluding carboxylic acids is 3. The van der Waals surface area contributed by atoms with Gasteiger partial charge in [-0.15, -0.1) is 0 Å². The van der Waals surface area contributed by atoms with Crippen LogP contribution in [0.4, 0.5) is 0 Å². The summed E-state index contributed by atoms with van der Waals surface area (Å²) in [5.74, 6) is -0.0783. The van der Waals surface area contributed by atoms with Gasteiger partial charge in [0.25, 0.3) is 17.7 Å². The molecule has 2 aromatic heterocycles. The zero-order valence-electron chi connectivity index (χ0n) is 18.3. The highest BCUT2D eigenvalue weighted by Gasteiger charge is 2.25. The number of para-hydroxylation sites is 1. The van der Waals surface area contributed by atoms with E-state index < -0.39 is 5.91 Å². The van der Waals surface area contributed by atoms with Crippen LogP contribution in [0, 0.1) is 0 Å². The Balaban J connectivity index is 1.27. The van der Waals surface area contributed by atoms with Crippen LogP contribution >= 0.6 is 0 Å². The molecular formula is C25H22N6O3. The van der Waals surface area contributed by atoms with Gasteiger partial charge in [-0.1, -0.05) is 18.2 Å². The third-order valence-corrected chi connectivity index (χ3v) is 5.96. The fraction of sp³-hybridized carbons (Fsp3) is 0.160. The second-order valence-electron chi connectivity index (χ2n) is 8.05. The number of amides is 3. The number of primary amides is 1. The second-order valence-corrected chi connectivity index (χ2v) is 8.05. The first kappa shape index (κ1) is 21.3. The van der Waals surface area contributed by atoms with Crippen LogP contribution in [0.2, 0.25) is 0 Å². The summed E-state index contributed by atoms with van der Waals surface area (Å²) in [6.45, 7) is 1.89.